The molecular formula is C13H17N. The van der Waals surface area contributed by atoms with Gasteiger partial charge >= 0.3 is 0 Å². The fourth-order valence-corrected chi connectivity index (χ4v) is 1.65. The Morgan fingerprint density at radius 2 is 1.86 bits per heavy atom. The van der Waals surface area contributed by atoms with E-state index in [0.29, 0.717) is 6.54 Å². The van der Waals surface area contributed by atoms with Crippen molar-refractivity contribution < 1.29 is 0 Å². The molecule has 0 bridgehead atoms. The van der Waals surface area contributed by atoms with Crippen molar-refractivity contribution in [3.63, 3.8) is 0 Å². The van der Waals surface area contributed by atoms with Crippen LogP contribution in [0.2, 0.25) is 0 Å². The van der Waals surface area contributed by atoms with Gasteiger partial charge in [0.2, 0.25) is 6.54 Å². The van der Waals surface area contributed by atoms with E-state index in [1.54, 1.807) is 0 Å². The van der Waals surface area contributed by atoms with E-state index >= 15 is 0 Å². The highest BCUT2D eigenvalue weighted by molar-refractivity contribution is 5.33. The molecule has 1 rings (SSSR count). The van der Waals surface area contributed by atoms with Crippen LogP contribution in [0, 0.1) is 6.57 Å². The van der Waals surface area contributed by atoms with Crippen molar-refractivity contribution >= 4 is 0 Å². The molecule has 0 radical (unpaired) electrons. The third-order valence-electron chi connectivity index (χ3n) is 2.32. The zero-order valence-electron chi connectivity index (χ0n) is 9.17. The third-order valence-corrected chi connectivity index (χ3v) is 2.32. The summed E-state index contributed by atoms with van der Waals surface area (Å²) in [5, 5.41) is 0. The maximum atomic E-state index is 6.80. The molecular weight excluding hydrogens is 170 g/mol. The number of nitrogens with zero attached hydrogens (tertiary/aromatic N) is 1. The molecule has 0 aliphatic carbocycles. The van der Waals surface area contributed by atoms with Crippen LogP contribution in [-0.4, -0.2) is 6.54 Å². The number of hydrogen-bond acceptors (Lipinski definition) is 0. The molecule has 0 amide bonds. The Bertz CT molecular complexity index is 339. The van der Waals surface area contributed by atoms with Gasteiger partial charge in [-0.3, -0.25) is 0 Å². The van der Waals surface area contributed by atoms with Crippen LogP contribution >= 0.6 is 0 Å². The Labute approximate surface area is 86.6 Å². The topological polar surface area (TPSA) is 4.36 Å². The Balaban J connectivity index is 2.99. The van der Waals surface area contributed by atoms with Gasteiger partial charge in [0.1, 0.15) is 0 Å². The average molecular weight is 187 g/mol. The first-order chi connectivity index (χ1) is 6.55. The van der Waals surface area contributed by atoms with Crippen LogP contribution in [0.5, 0.6) is 0 Å². The molecule has 0 saturated heterocycles. The van der Waals surface area contributed by atoms with Gasteiger partial charge in [0.05, 0.1) is 0 Å². The second-order valence-electron chi connectivity index (χ2n) is 4.54. The molecule has 0 saturated carbocycles. The lowest BCUT2D eigenvalue weighted by molar-refractivity contribution is 0.583. The Hall–Kier alpha value is -1.29. The second kappa shape index (κ2) is 4.28. The summed E-state index contributed by atoms with van der Waals surface area (Å²) in [7, 11) is 0. The Kier molecular flexibility index (Phi) is 3.30. The smallest absolute Gasteiger partial charge is 0.218 e. The van der Waals surface area contributed by atoms with Gasteiger partial charge in [-0.25, -0.2) is 6.57 Å². The summed E-state index contributed by atoms with van der Waals surface area (Å²) in [5.74, 6) is 0. The Morgan fingerprint density at radius 1 is 1.21 bits per heavy atom. The third kappa shape index (κ3) is 2.60. The normalized spacial score (nSPS) is 11.0. The zero-order valence-corrected chi connectivity index (χ0v) is 9.17. The minimum Gasteiger partial charge on any atom is -0.317 e. The van der Waals surface area contributed by atoms with Gasteiger partial charge in [-0.15, -0.1) is 0 Å². The van der Waals surface area contributed by atoms with Crippen LogP contribution in [0.25, 0.3) is 4.85 Å². The monoisotopic (exact) mass is 187 g/mol. The fourth-order valence-electron chi connectivity index (χ4n) is 1.65. The largest absolute Gasteiger partial charge is 0.317 e. The van der Waals surface area contributed by atoms with E-state index in [4.69, 9.17) is 6.57 Å². The zero-order chi connectivity index (χ0) is 10.6. The summed E-state index contributed by atoms with van der Waals surface area (Å²) in [6.07, 6.45) is 0.872. The van der Waals surface area contributed by atoms with Gasteiger partial charge in [-0.05, 0) is 16.5 Å². The predicted octanol–water partition coefficient (Wildman–Crippen LogP) is 3.45. The molecule has 1 heteroatoms. The Morgan fingerprint density at radius 3 is 2.43 bits per heavy atom. The van der Waals surface area contributed by atoms with Crippen LogP contribution in [0.3, 0.4) is 0 Å². The van der Waals surface area contributed by atoms with Crippen LogP contribution in [-0.2, 0) is 11.8 Å². The van der Waals surface area contributed by atoms with Crippen LogP contribution in [0.4, 0.5) is 0 Å². The van der Waals surface area contributed by atoms with Crippen LogP contribution < -0.4 is 0 Å². The van der Waals surface area contributed by atoms with Crippen molar-refractivity contribution in [1.82, 2.24) is 0 Å². The highest BCUT2D eigenvalue weighted by atomic mass is 14.6. The lowest BCUT2D eigenvalue weighted by Gasteiger charge is -2.22. The van der Waals surface area contributed by atoms with E-state index in [-0.39, 0.29) is 5.41 Å². The van der Waals surface area contributed by atoms with Crippen molar-refractivity contribution in [2.75, 3.05) is 6.54 Å². The summed E-state index contributed by atoms with van der Waals surface area (Å²) < 4.78 is 0. The van der Waals surface area contributed by atoms with E-state index in [9.17, 15) is 0 Å². The molecule has 14 heavy (non-hydrogen) atoms. The van der Waals surface area contributed by atoms with Crippen molar-refractivity contribution in [3.05, 3.63) is 46.8 Å². The van der Waals surface area contributed by atoms with E-state index in [0.717, 1.165) is 6.42 Å². The highest BCUT2D eigenvalue weighted by Gasteiger charge is 2.17. The summed E-state index contributed by atoms with van der Waals surface area (Å²) in [5.41, 5.74) is 2.86. The maximum Gasteiger partial charge on any atom is 0.218 e. The highest BCUT2D eigenvalue weighted by Crippen LogP contribution is 2.25. The lowest BCUT2D eigenvalue weighted by Crippen LogP contribution is -2.14. The molecule has 0 heterocycles. The lowest BCUT2D eigenvalue weighted by atomic mass is 9.83. The van der Waals surface area contributed by atoms with Crippen molar-refractivity contribution in [3.8, 4) is 0 Å². The van der Waals surface area contributed by atoms with E-state index < -0.39 is 0 Å². The first-order valence-corrected chi connectivity index (χ1v) is 4.97. The van der Waals surface area contributed by atoms with Gasteiger partial charge in [0, 0.05) is 6.42 Å². The molecule has 0 aromatic heterocycles. The molecule has 0 unspecified atom stereocenters. The molecule has 74 valence electrons. The quantitative estimate of drug-likeness (QED) is 0.625. The van der Waals surface area contributed by atoms with Gasteiger partial charge in [-0.1, -0.05) is 45.0 Å². The number of benzene rings is 1. The summed E-state index contributed by atoms with van der Waals surface area (Å²) >= 11 is 0. The molecule has 1 aromatic carbocycles. The van der Waals surface area contributed by atoms with Crippen molar-refractivity contribution in [1.29, 1.82) is 0 Å². The molecule has 0 spiro atoms. The van der Waals surface area contributed by atoms with Gasteiger partial charge in [0.15, 0.2) is 0 Å². The second-order valence-corrected chi connectivity index (χ2v) is 4.54. The number of rotatable bonds is 2. The van der Waals surface area contributed by atoms with Crippen molar-refractivity contribution in [2.24, 2.45) is 0 Å². The molecule has 0 aliphatic rings. The molecule has 0 atom stereocenters. The molecule has 0 N–H and O–H groups in total. The maximum absolute atomic E-state index is 6.80. The van der Waals surface area contributed by atoms with E-state index in [2.05, 4.69) is 49.9 Å². The predicted molar refractivity (Wildman–Crippen MR) is 60.3 cm³/mol. The summed E-state index contributed by atoms with van der Waals surface area (Å²) in [4.78, 5) is 3.40. The molecule has 0 fully saturated rings. The van der Waals surface area contributed by atoms with Gasteiger partial charge in [-0.2, -0.15) is 0 Å². The SMILES string of the molecule is [C-]#[N+]CCc1ccccc1C(C)(C)C. The summed E-state index contributed by atoms with van der Waals surface area (Å²) in [6.45, 7) is 14.0. The first-order valence-electron chi connectivity index (χ1n) is 4.97. The minimum atomic E-state index is 0.179. The van der Waals surface area contributed by atoms with E-state index in [1.807, 2.05) is 0 Å². The van der Waals surface area contributed by atoms with Crippen LogP contribution in [0.15, 0.2) is 24.3 Å². The minimum absolute atomic E-state index is 0.179. The molecule has 1 aromatic rings. The summed E-state index contributed by atoms with van der Waals surface area (Å²) in [6, 6.07) is 8.42. The van der Waals surface area contributed by atoms with E-state index in [1.165, 1.54) is 11.1 Å². The number of hydrogen-bond donors (Lipinski definition) is 0. The first kappa shape index (κ1) is 10.8. The van der Waals surface area contributed by atoms with Gasteiger partial charge in [0.25, 0.3) is 0 Å². The molecule has 1 nitrogen and oxygen atoms in total. The van der Waals surface area contributed by atoms with Gasteiger partial charge < -0.3 is 4.85 Å². The standard InChI is InChI=1S/C13H17N/c1-13(2,3)12-8-6-5-7-11(12)9-10-14-4/h5-8H,9-10H2,1-3H3. The van der Waals surface area contributed by atoms with Crippen molar-refractivity contribution in [2.45, 2.75) is 32.6 Å². The van der Waals surface area contributed by atoms with Crippen LogP contribution in [0.1, 0.15) is 31.9 Å². The molecule has 0 aliphatic heterocycles. The average Bonchev–Trinajstić information content (AvgIpc) is 2.14. The fraction of sp³-hybridized carbons (Fsp3) is 0.462.